The van der Waals surface area contributed by atoms with Crippen molar-refractivity contribution in [3.63, 3.8) is 0 Å². The first-order chi connectivity index (χ1) is 9.72. The number of para-hydroxylation sites is 1. The smallest absolute Gasteiger partial charge is 0.0491 e. The summed E-state index contributed by atoms with van der Waals surface area (Å²) >= 11 is 0. The van der Waals surface area contributed by atoms with E-state index in [-0.39, 0.29) is 6.04 Å². The molecule has 0 saturated heterocycles. The lowest BCUT2D eigenvalue weighted by atomic mass is 9.81. The molecule has 1 fully saturated rings. The maximum Gasteiger partial charge on any atom is 0.0491 e. The predicted molar refractivity (Wildman–Crippen MR) is 85.9 cm³/mol. The van der Waals surface area contributed by atoms with Crippen LogP contribution in [-0.4, -0.2) is 4.98 Å². The lowest BCUT2D eigenvalue weighted by molar-refractivity contribution is 0.308. The van der Waals surface area contributed by atoms with Gasteiger partial charge in [-0.2, -0.15) is 0 Å². The minimum atomic E-state index is 0.191. The molecule has 1 aromatic carbocycles. The number of nitrogens with two attached hydrogens (primary N) is 1. The number of aromatic nitrogens is 1. The van der Waals surface area contributed by atoms with Crippen LogP contribution < -0.4 is 5.73 Å². The summed E-state index contributed by atoms with van der Waals surface area (Å²) in [5, 5.41) is 1.35. The number of H-pyrrole nitrogens is 1. The Labute approximate surface area is 121 Å². The number of benzene rings is 1. The van der Waals surface area contributed by atoms with Crippen molar-refractivity contribution in [2.45, 2.75) is 58.4 Å². The van der Waals surface area contributed by atoms with Gasteiger partial charge in [0.1, 0.15) is 0 Å². The molecule has 1 atom stereocenters. The van der Waals surface area contributed by atoms with E-state index in [1.165, 1.54) is 59.8 Å². The highest BCUT2D eigenvalue weighted by molar-refractivity contribution is 5.87. The van der Waals surface area contributed by atoms with Gasteiger partial charge in [-0.1, -0.05) is 44.4 Å². The highest BCUT2D eigenvalue weighted by Gasteiger charge is 2.25. The molecule has 3 N–H and O–H groups in total. The normalized spacial score (nSPS) is 18.6. The topological polar surface area (TPSA) is 41.8 Å². The first kappa shape index (κ1) is 13.7. The molecule has 2 heteroatoms. The van der Waals surface area contributed by atoms with Crippen molar-refractivity contribution in [1.82, 2.24) is 4.98 Å². The van der Waals surface area contributed by atoms with Crippen molar-refractivity contribution < 1.29 is 0 Å². The van der Waals surface area contributed by atoms with Gasteiger partial charge in [0.05, 0.1) is 0 Å². The number of rotatable bonds is 3. The molecule has 1 saturated carbocycles. The molecule has 0 radical (unpaired) electrons. The minimum absolute atomic E-state index is 0.191. The van der Waals surface area contributed by atoms with Crippen molar-refractivity contribution in [1.29, 1.82) is 0 Å². The van der Waals surface area contributed by atoms with Gasteiger partial charge in [0.2, 0.25) is 0 Å². The van der Waals surface area contributed by atoms with E-state index in [1.807, 2.05) is 0 Å². The highest BCUT2D eigenvalue weighted by atomic mass is 14.8. The molecule has 108 valence electrons. The SMILES string of the molecule is CCc1cccc2c(C(N)C3CCCCC3)c(C)[nH]c12. The van der Waals surface area contributed by atoms with E-state index < -0.39 is 0 Å². The number of hydrogen-bond donors (Lipinski definition) is 2. The van der Waals surface area contributed by atoms with Crippen molar-refractivity contribution >= 4 is 10.9 Å². The van der Waals surface area contributed by atoms with Crippen molar-refractivity contribution in [3.05, 3.63) is 35.0 Å². The maximum atomic E-state index is 6.65. The fourth-order valence-corrected chi connectivity index (χ4v) is 3.88. The van der Waals surface area contributed by atoms with E-state index in [0.29, 0.717) is 5.92 Å². The van der Waals surface area contributed by atoms with Gasteiger partial charge < -0.3 is 10.7 Å². The molecule has 3 rings (SSSR count). The fraction of sp³-hybridized carbons (Fsp3) is 0.556. The Morgan fingerprint density at radius 3 is 2.70 bits per heavy atom. The highest BCUT2D eigenvalue weighted by Crippen LogP contribution is 2.37. The standard InChI is InChI=1S/C18H26N2/c1-3-13-10-7-11-15-16(12(2)20-18(13)15)17(19)14-8-5-4-6-9-14/h7,10-11,14,17,20H,3-6,8-9,19H2,1-2H3. The summed E-state index contributed by atoms with van der Waals surface area (Å²) in [6.45, 7) is 4.39. The molecule has 0 spiro atoms. The molecule has 2 nitrogen and oxygen atoms in total. The third-order valence-electron chi connectivity index (χ3n) is 5.03. The summed E-state index contributed by atoms with van der Waals surface area (Å²) in [6, 6.07) is 6.81. The zero-order chi connectivity index (χ0) is 14.1. The van der Waals surface area contributed by atoms with Gasteiger partial charge in [-0.15, -0.1) is 0 Å². The fourth-order valence-electron chi connectivity index (χ4n) is 3.88. The van der Waals surface area contributed by atoms with Crippen LogP contribution >= 0.6 is 0 Å². The van der Waals surface area contributed by atoms with Crippen molar-refractivity contribution in [2.75, 3.05) is 0 Å². The van der Waals surface area contributed by atoms with Crippen LogP contribution in [-0.2, 0) is 6.42 Å². The third kappa shape index (κ3) is 2.26. The average Bonchev–Trinajstić information content (AvgIpc) is 2.83. The average molecular weight is 270 g/mol. The Morgan fingerprint density at radius 1 is 1.25 bits per heavy atom. The van der Waals surface area contributed by atoms with Crippen LogP contribution in [0.2, 0.25) is 0 Å². The zero-order valence-electron chi connectivity index (χ0n) is 12.7. The summed E-state index contributed by atoms with van der Waals surface area (Å²) in [6.07, 6.45) is 7.73. The van der Waals surface area contributed by atoms with E-state index in [4.69, 9.17) is 5.73 Å². The number of aromatic amines is 1. The molecule has 1 aliphatic rings. The number of fused-ring (bicyclic) bond motifs is 1. The second-order valence-corrected chi connectivity index (χ2v) is 6.28. The van der Waals surface area contributed by atoms with Crippen molar-refractivity contribution in [2.24, 2.45) is 11.7 Å². The summed E-state index contributed by atoms with van der Waals surface area (Å²) in [5.74, 6) is 0.659. The van der Waals surface area contributed by atoms with E-state index in [9.17, 15) is 0 Å². The predicted octanol–water partition coefficient (Wildman–Crippen LogP) is 4.62. The lowest BCUT2D eigenvalue weighted by Crippen LogP contribution is -2.24. The van der Waals surface area contributed by atoms with Gasteiger partial charge >= 0.3 is 0 Å². The minimum Gasteiger partial charge on any atom is -0.358 e. The molecule has 1 heterocycles. The monoisotopic (exact) mass is 270 g/mol. The van der Waals surface area contributed by atoms with Gasteiger partial charge in [0.25, 0.3) is 0 Å². The van der Waals surface area contributed by atoms with Gasteiger partial charge in [-0.05, 0) is 43.2 Å². The van der Waals surface area contributed by atoms with Crippen LogP contribution in [0.4, 0.5) is 0 Å². The largest absolute Gasteiger partial charge is 0.358 e. The number of hydrogen-bond acceptors (Lipinski definition) is 1. The van der Waals surface area contributed by atoms with Crippen molar-refractivity contribution in [3.8, 4) is 0 Å². The molecular weight excluding hydrogens is 244 g/mol. The van der Waals surface area contributed by atoms with E-state index in [1.54, 1.807) is 0 Å². The zero-order valence-corrected chi connectivity index (χ0v) is 12.7. The summed E-state index contributed by atoms with van der Waals surface area (Å²) in [4.78, 5) is 3.59. The van der Waals surface area contributed by atoms with Crippen LogP contribution in [0.15, 0.2) is 18.2 Å². The summed E-state index contributed by atoms with van der Waals surface area (Å²) in [5.41, 5.74) is 12.0. The first-order valence-electron chi connectivity index (χ1n) is 8.08. The Kier molecular flexibility index (Phi) is 3.84. The molecule has 0 amide bonds. The van der Waals surface area contributed by atoms with E-state index >= 15 is 0 Å². The maximum absolute atomic E-state index is 6.65. The van der Waals surface area contributed by atoms with Crippen LogP contribution in [0.3, 0.4) is 0 Å². The Hall–Kier alpha value is -1.28. The summed E-state index contributed by atoms with van der Waals surface area (Å²) < 4.78 is 0. The summed E-state index contributed by atoms with van der Waals surface area (Å²) in [7, 11) is 0. The van der Waals surface area contributed by atoms with Gasteiger partial charge in [0, 0.05) is 22.6 Å². The van der Waals surface area contributed by atoms with Gasteiger partial charge in [-0.25, -0.2) is 0 Å². The lowest BCUT2D eigenvalue weighted by Gasteiger charge is -2.28. The second kappa shape index (κ2) is 5.61. The second-order valence-electron chi connectivity index (χ2n) is 6.28. The molecule has 0 aliphatic heterocycles. The van der Waals surface area contributed by atoms with E-state index in [2.05, 4.69) is 37.0 Å². The third-order valence-corrected chi connectivity index (χ3v) is 5.03. The van der Waals surface area contributed by atoms with Crippen LogP contribution in [0.5, 0.6) is 0 Å². The number of nitrogens with one attached hydrogen (secondary N) is 1. The molecule has 20 heavy (non-hydrogen) atoms. The van der Waals surface area contributed by atoms with Crippen LogP contribution in [0.1, 0.15) is 61.9 Å². The molecule has 0 bridgehead atoms. The van der Waals surface area contributed by atoms with Gasteiger partial charge in [0.15, 0.2) is 0 Å². The molecule has 1 aromatic heterocycles. The van der Waals surface area contributed by atoms with E-state index in [0.717, 1.165) is 6.42 Å². The molecular formula is C18H26N2. The number of aryl methyl sites for hydroxylation is 2. The first-order valence-corrected chi connectivity index (χ1v) is 8.08. The quantitative estimate of drug-likeness (QED) is 0.839. The molecule has 1 unspecified atom stereocenters. The Bertz CT molecular complexity index is 591. The van der Waals surface area contributed by atoms with Crippen LogP contribution in [0, 0.1) is 12.8 Å². The van der Waals surface area contributed by atoms with Gasteiger partial charge in [-0.3, -0.25) is 0 Å². The Balaban J connectivity index is 2.04. The molecule has 2 aromatic rings. The Morgan fingerprint density at radius 2 is 2.00 bits per heavy atom. The van der Waals surface area contributed by atoms with Crippen LogP contribution in [0.25, 0.3) is 10.9 Å². The molecule has 1 aliphatic carbocycles.